The minimum Gasteiger partial charge on any atom is -0.392 e. The number of hydrogen-bond donors (Lipinski definition) is 1. The highest BCUT2D eigenvalue weighted by atomic mass is 19.2. The molecule has 4 heteroatoms. The largest absolute Gasteiger partial charge is 0.392 e. The lowest BCUT2D eigenvalue weighted by Crippen LogP contribution is -2.51. The molecule has 2 nitrogen and oxygen atoms in total. The lowest BCUT2D eigenvalue weighted by Gasteiger charge is -2.51. The maximum atomic E-state index is 14.2. The molecule has 2 aliphatic carbocycles. The number of rotatable bonds is 1. The molecule has 5 atom stereocenters. The molecule has 1 aliphatic heterocycles. The van der Waals surface area contributed by atoms with Gasteiger partial charge in [0.05, 0.1) is 12.2 Å². The van der Waals surface area contributed by atoms with Crippen molar-refractivity contribution in [2.75, 3.05) is 6.61 Å². The summed E-state index contributed by atoms with van der Waals surface area (Å²) in [5, 5.41) is 10.9. The van der Waals surface area contributed by atoms with Crippen LogP contribution >= 0.6 is 0 Å². The second kappa shape index (κ2) is 4.51. The van der Waals surface area contributed by atoms with Crippen LogP contribution in [0.3, 0.4) is 0 Å². The van der Waals surface area contributed by atoms with E-state index in [-0.39, 0.29) is 16.7 Å². The molecule has 2 bridgehead atoms. The third-order valence-corrected chi connectivity index (χ3v) is 6.72. The lowest BCUT2D eigenvalue weighted by atomic mass is 9.60. The molecule has 2 saturated carbocycles. The van der Waals surface area contributed by atoms with Crippen molar-refractivity contribution >= 4 is 0 Å². The fourth-order valence-corrected chi connectivity index (χ4v) is 5.47. The van der Waals surface area contributed by atoms with Gasteiger partial charge in [0, 0.05) is 17.6 Å². The fourth-order valence-electron chi connectivity index (χ4n) is 5.47. The first-order chi connectivity index (χ1) is 10.4. The van der Waals surface area contributed by atoms with Crippen LogP contribution in [0.1, 0.15) is 44.8 Å². The summed E-state index contributed by atoms with van der Waals surface area (Å²) in [6.07, 6.45) is 1.87. The molecular weight excluding hydrogens is 286 g/mol. The number of aliphatic hydroxyl groups excluding tert-OH is 1. The van der Waals surface area contributed by atoms with Gasteiger partial charge in [-0.2, -0.15) is 0 Å². The number of hydrogen-bond acceptors (Lipinski definition) is 2. The quantitative estimate of drug-likeness (QED) is 0.854. The van der Waals surface area contributed by atoms with Gasteiger partial charge in [-0.15, -0.1) is 0 Å². The van der Waals surface area contributed by atoms with Crippen molar-refractivity contribution in [3.05, 3.63) is 35.4 Å². The number of fused-ring (bicyclic) bond motifs is 1. The van der Waals surface area contributed by atoms with Crippen LogP contribution in [0.15, 0.2) is 18.2 Å². The second-order valence-electron chi connectivity index (χ2n) is 7.88. The van der Waals surface area contributed by atoms with E-state index in [4.69, 9.17) is 4.74 Å². The molecule has 1 unspecified atom stereocenters. The summed E-state index contributed by atoms with van der Waals surface area (Å²) in [6.45, 7) is 4.75. The van der Waals surface area contributed by atoms with E-state index in [1.807, 2.05) is 0 Å². The zero-order valence-corrected chi connectivity index (χ0v) is 13.0. The Morgan fingerprint density at radius 1 is 1.27 bits per heavy atom. The summed E-state index contributed by atoms with van der Waals surface area (Å²) in [5.74, 6) is -1.13. The predicted octanol–water partition coefficient (Wildman–Crippen LogP) is 3.84. The van der Waals surface area contributed by atoms with Crippen molar-refractivity contribution in [3.63, 3.8) is 0 Å². The van der Waals surface area contributed by atoms with Crippen LogP contribution in [0.2, 0.25) is 0 Å². The van der Waals surface area contributed by atoms with Crippen molar-refractivity contribution in [2.24, 2.45) is 22.7 Å². The Morgan fingerprint density at radius 3 is 2.77 bits per heavy atom. The summed E-state index contributed by atoms with van der Waals surface area (Å²) < 4.78 is 33.7. The fraction of sp³-hybridized carbons (Fsp3) is 0.667. The minimum absolute atomic E-state index is 0.0746. The summed E-state index contributed by atoms with van der Waals surface area (Å²) in [7, 11) is 0. The van der Waals surface area contributed by atoms with E-state index in [1.165, 1.54) is 6.07 Å². The Hall–Kier alpha value is -1.00. The van der Waals surface area contributed by atoms with Crippen LogP contribution in [0, 0.1) is 34.3 Å². The summed E-state index contributed by atoms with van der Waals surface area (Å²) >= 11 is 0. The standard InChI is InChI=1S/C18H22F2O2/c1-17(2)10-8-12-15(11-4-3-5-13(19)14(11)20)22-7-6-18(12,9-10)16(17)21/h3-5,10,12,15-16,21H,6-9H2,1-2H3/t10-,12-,15-,16-,18?/m1/s1. The smallest absolute Gasteiger partial charge is 0.164 e. The maximum Gasteiger partial charge on any atom is 0.164 e. The van der Waals surface area contributed by atoms with Crippen LogP contribution in [0.5, 0.6) is 0 Å². The van der Waals surface area contributed by atoms with Crippen molar-refractivity contribution in [1.29, 1.82) is 0 Å². The van der Waals surface area contributed by atoms with Gasteiger partial charge in [0.25, 0.3) is 0 Å². The van der Waals surface area contributed by atoms with E-state index < -0.39 is 23.8 Å². The maximum absolute atomic E-state index is 14.2. The van der Waals surface area contributed by atoms with Crippen molar-refractivity contribution in [2.45, 2.75) is 45.3 Å². The van der Waals surface area contributed by atoms with Crippen molar-refractivity contribution in [1.82, 2.24) is 0 Å². The van der Waals surface area contributed by atoms with Gasteiger partial charge in [0.2, 0.25) is 0 Å². The summed E-state index contributed by atoms with van der Waals surface area (Å²) in [5.41, 5.74) is 0.0102. The number of aliphatic hydroxyl groups is 1. The van der Waals surface area contributed by atoms with Gasteiger partial charge < -0.3 is 9.84 Å². The molecule has 1 saturated heterocycles. The van der Waals surface area contributed by atoms with E-state index in [2.05, 4.69) is 13.8 Å². The molecule has 1 heterocycles. The second-order valence-corrected chi connectivity index (χ2v) is 7.88. The van der Waals surface area contributed by atoms with Gasteiger partial charge in [-0.05, 0) is 42.6 Å². The van der Waals surface area contributed by atoms with Crippen LogP contribution in [0.4, 0.5) is 8.78 Å². The molecule has 0 aromatic heterocycles. The average Bonchev–Trinajstić information content (AvgIpc) is 2.97. The molecule has 0 amide bonds. The monoisotopic (exact) mass is 308 g/mol. The van der Waals surface area contributed by atoms with E-state index in [9.17, 15) is 13.9 Å². The van der Waals surface area contributed by atoms with E-state index in [0.717, 1.165) is 25.3 Å². The highest BCUT2D eigenvalue weighted by Crippen LogP contribution is 2.70. The summed E-state index contributed by atoms with van der Waals surface area (Å²) in [4.78, 5) is 0. The molecule has 4 rings (SSSR count). The highest BCUT2D eigenvalue weighted by molar-refractivity contribution is 5.26. The molecular formula is C18H22F2O2. The Labute approximate surface area is 129 Å². The molecule has 3 fully saturated rings. The molecule has 22 heavy (non-hydrogen) atoms. The molecule has 1 spiro atoms. The highest BCUT2D eigenvalue weighted by Gasteiger charge is 2.68. The van der Waals surface area contributed by atoms with Gasteiger partial charge in [-0.25, -0.2) is 8.78 Å². The zero-order valence-electron chi connectivity index (χ0n) is 13.0. The van der Waals surface area contributed by atoms with Crippen LogP contribution in [-0.4, -0.2) is 17.8 Å². The van der Waals surface area contributed by atoms with E-state index in [0.29, 0.717) is 18.1 Å². The first-order valence-corrected chi connectivity index (χ1v) is 8.11. The third-order valence-electron chi connectivity index (χ3n) is 6.72. The Bertz CT molecular complexity index is 615. The third kappa shape index (κ3) is 1.65. The topological polar surface area (TPSA) is 29.5 Å². The average molecular weight is 308 g/mol. The normalized spacial score (nSPS) is 42.4. The number of halogens is 2. The Morgan fingerprint density at radius 2 is 2.05 bits per heavy atom. The predicted molar refractivity (Wildman–Crippen MR) is 78.1 cm³/mol. The van der Waals surface area contributed by atoms with Crippen molar-refractivity contribution in [3.8, 4) is 0 Å². The molecule has 3 aliphatic rings. The minimum atomic E-state index is -0.829. The number of benzene rings is 1. The van der Waals surface area contributed by atoms with Gasteiger partial charge in [-0.1, -0.05) is 26.0 Å². The van der Waals surface area contributed by atoms with Crippen LogP contribution in [-0.2, 0) is 4.74 Å². The van der Waals surface area contributed by atoms with Crippen LogP contribution < -0.4 is 0 Å². The molecule has 0 radical (unpaired) electrons. The lowest BCUT2D eigenvalue weighted by molar-refractivity contribution is -0.165. The SMILES string of the molecule is CC1(C)[C@@H]2C[C@@H]3[C@@H](c4cccc(F)c4F)OCCC3(C2)[C@@H]1O. The van der Waals surface area contributed by atoms with Crippen LogP contribution in [0.25, 0.3) is 0 Å². The van der Waals surface area contributed by atoms with E-state index >= 15 is 0 Å². The van der Waals surface area contributed by atoms with Gasteiger partial charge in [-0.3, -0.25) is 0 Å². The van der Waals surface area contributed by atoms with Gasteiger partial charge in [0.15, 0.2) is 11.6 Å². The molecule has 1 aromatic rings. The molecule has 120 valence electrons. The first-order valence-electron chi connectivity index (χ1n) is 8.11. The van der Waals surface area contributed by atoms with Crippen molar-refractivity contribution < 1.29 is 18.6 Å². The Balaban J connectivity index is 1.75. The Kier molecular flexibility index (Phi) is 2.99. The zero-order chi connectivity index (χ0) is 15.7. The molecule has 1 aromatic carbocycles. The van der Waals surface area contributed by atoms with Gasteiger partial charge in [0.1, 0.15) is 0 Å². The first kappa shape index (κ1) is 14.6. The van der Waals surface area contributed by atoms with E-state index in [1.54, 1.807) is 6.07 Å². The summed E-state index contributed by atoms with van der Waals surface area (Å²) in [6, 6.07) is 4.29. The molecule has 1 N–H and O–H groups in total. The van der Waals surface area contributed by atoms with Gasteiger partial charge >= 0.3 is 0 Å². The number of ether oxygens (including phenoxy) is 1.